The topological polar surface area (TPSA) is 52.5 Å². The molecule has 0 spiro atoms. The standard InChI is InChI=1S/C13H31NO2Si/c1-3-5-6-7-8-9-10-11-12-14-13-17(15,16)4-2/h14-16H,3-13H2,1-2H3. The van der Waals surface area contributed by atoms with E-state index in [1.807, 2.05) is 6.92 Å². The Balaban J connectivity index is 3.09. The van der Waals surface area contributed by atoms with Gasteiger partial charge in [0.2, 0.25) is 0 Å². The van der Waals surface area contributed by atoms with Crippen LogP contribution in [0, 0.1) is 0 Å². The first-order chi connectivity index (χ1) is 8.12. The van der Waals surface area contributed by atoms with Crippen molar-refractivity contribution in [3.63, 3.8) is 0 Å². The molecule has 0 aliphatic heterocycles. The van der Waals surface area contributed by atoms with E-state index < -0.39 is 8.56 Å². The second kappa shape index (κ2) is 11.2. The maximum Gasteiger partial charge on any atom is 0.346 e. The largest absolute Gasteiger partial charge is 0.410 e. The molecule has 0 unspecified atom stereocenters. The normalized spacial score (nSPS) is 12.0. The minimum atomic E-state index is -2.88. The fraction of sp³-hybridized carbons (Fsp3) is 1.00. The summed E-state index contributed by atoms with van der Waals surface area (Å²) in [6.07, 6.45) is 11.0. The Labute approximate surface area is 108 Å². The predicted molar refractivity (Wildman–Crippen MR) is 76.2 cm³/mol. The van der Waals surface area contributed by atoms with Crippen molar-refractivity contribution in [2.45, 2.75) is 71.3 Å². The van der Waals surface area contributed by atoms with E-state index in [1.165, 1.54) is 44.9 Å². The second-order valence-electron chi connectivity index (χ2n) is 4.99. The van der Waals surface area contributed by atoms with E-state index >= 15 is 0 Å². The average Bonchev–Trinajstić information content (AvgIpc) is 2.31. The van der Waals surface area contributed by atoms with Crippen molar-refractivity contribution in [3.05, 3.63) is 0 Å². The third kappa shape index (κ3) is 12.3. The summed E-state index contributed by atoms with van der Waals surface area (Å²) in [4.78, 5) is 19.0. The summed E-state index contributed by atoms with van der Waals surface area (Å²) in [6.45, 7) is 5.00. The van der Waals surface area contributed by atoms with Crippen LogP contribution in [0.4, 0.5) is 0 Å². The minimum absolute atomic E-state index is 0.417. The lowest BCUT2D eigenvalue weighted by Crippen LogP contribution is -2.45. The van der Waals surface area contributed by atoms with E-state index in [1.54, 1.807) is 0 Å². The van der Waals surface area contributed by atoms with Crippen molar-refractivity contribution in [3.8, 4) is 0 Å². The van der Waals surface area contributed by atoms with E-state index in [2.05, 4.69) is 12.2 Å². The van der Waals surface area contributed by atoms with Crippen molar-refractivity contribution in [1.82, 2.24) is 5.32 Å². The monoisotopic (exact) mass is 261 g/mol. The van der Waals surface area contributed by atoms with Crippen molar-refractivity contribution in [2.75, 3.05) is 12.7 Å². The van der Waals surface area contributed by atoms with Gasteiger partial charge in [0, 0.05) is 6.17 Å². The van der Waals surface area contributed by atoms with Crippen LogP contribution in [0.25, 0.3) is 0 Å². The highest BCUT2D eigenvalue weighted by Gasteiger charge is 2.25. The highest BCUT2D eigenvalue weighted by Crippen LogP contribution is 2.07. The summed E-state index contributed by atoms with van der Waals surface area (Å²) in [6, 6.07) is 0.511. The Hall–Kier alpha value is 0.0969. The SMILES string of the molecule is CCCCCCCCCCNC[Si](O)(O)CC. The average molecular weight is 261 g/mol. The van der Waals surface area contributed by atoms with Crippen LogP contribution < -0.4 is 5.32 Å². The van der Waals surface area contributed by atoms with Crippen LogP contribution in [-0.2, 0) is 0 Å². The Morgan fingerprint density at radius 3 is 1.88 bits per heavy atom. The zero-order valence-corrected chi connectivity index (χ0v) is 12.7. The lowest BCUT2D eigenvalue weighted by molar-refractivity contribution is 0.354. The lowest BCUT2D eigenvalue weighted by Gasteiger charge is -2.15. The zero-order valence-electron chi connectivity index (χ0n) is 11.7. The molecule has 0 radical (unpaired) electrons. The first-order valence-electron chi connectivity index (χ1n) is 7.28. The lowest BCUT2D eigenvalue weighted by atomic mass is 10.1. The van der Waals surface area contributed by atoms with E-state index in [9.17, 15) is 9.59 Å². The van der Waals surface area contributed by atoms with E-state index in [0.29, 0.717) is 12.2 Å². The number of unbranched alkanes of at least 4 members (excludes halogenated alkanes) is 7. The van der Waals surface area contributed by atoms with E-state index in [-0.39, 0.29) is 0 Å². The van der Waals surface area contributed by atoms with Gasteiger partial charge in [-0.25, -0.2) is 0 Å². The summed E-state index contributed by atoms with van der Waals surface area (Å²) >= 11 is 0. The van der Waals surface area contributed by atoms with Gasteiger partial charge in [-0.1, -0.05) is 58.8 Å². The fourth-order valence-electron chi connectivity index (χ4n) is 1.80. The second-order valence-corrected chi connectivity index (χ2v) is 8.01. The van der Waals surface area contributed by atoms with Crippen molar-refractivity contribution in [1.29, 1.82) is 0 Å². The van der Waals surface area contributed by atoms with E-state index in [4.69, 9.17) is 0 Å². The van der Waals surface area contributed by atoms with Crippen molar-refractivity contribution < 1.29 is 9.59 Å². The Kier molecular flexibility index (Phi) is 11.3. The molecule has 0 aromatic rings. The minimum Gasteiger partial charge on any atom is -0.410 e. The quantitative estimate of drug-likeness (QED) is 0.374. The third-order valence-corrected chi connectivity index (χ3v) is 5.13. The molecule has 104 valence electrons. The molecule has 0 aromatic carbocycles. The number of hydrogen-bond donors (Lipinski definition) is 3. The van der Waals surface area contributed by atoms with Gasteiger partial charge in [-0.3, -0.25) is 0 Å². The number of hydrogen-bond acceptors (Lipinski definition) is 3. The Morgan fingerprint density at radius 2 is 1.35 bits per heavy atom. The molecule has 0 saturated carbocycles. The summed E-state index contributed by atoms with van der Waals surface area (Å²) in [5.41, 5.74) is 0. The highest BCUT2D eigenvalue weighted by molar-refractivity contribution is 6.64. The van der Waals surface area contributed by atoms with Crippen LogP contribution in [0.3, 0.4) is 0 Å². The molecular formula is C13H31NO2Si. The van der Waals surface area contributed by atoms with Crippen LogP contribution in [-0.4, -0.2) is 30.9 Å². The van der Waals surface area contributed by atoms with Crippen LogP contribution >= 0.6 is 0 Å². The van der Waals surface area contributed by atoms with Gasteiger partial charge in [0.1, 0.15) is 0 Å². The fourth-order valence-corrected chi connectivity index (χ4v) is 2.62. The summed E-state index contributed by atoms with van der Waals surface area (Å²) in [5, 5.41) is 3.15. The summed E-state index contributed by atoms with van der Waals surface area (Å²) in [5.74, 6) is 0. The molecule has 0 saturated heterocycles. The molecule has 0 aliphatic carbocycles. The first-order valence-corrected chi connectivity index (χ1v) is 9.58. The molecule has 3 nitrogen and oxygen atoms in total. The summed E-state index contributed by atoms with van der Waals surface area (Å²) in [7, 11) is -2.88. The molecular weight excluding hydrogens is 230 g/mol. The molecule has 4 heteroatoms. The molecule has 0 atom stereocenters. The van der Waals surface area contributed by atoms with Gasteiger partial charge in [0.15, 0.2) is 0 Å². The first kappa shape index (κ1) is 17.1. The van der Waals surface area contributed by atoms with Crippen molar-refractivity contribution in [2.24, 2.45) is 0 Å². The van der Waals surface area contributed by atoms with Crippen LogP contribution in [0.15, 0.2) is 0 Å². The molecule has 0 amide bonds. The van der Waals surface area contributed by atoms with Gasteiger partial charge in [-0.2, -0.15) is 0 Å². The van der Waals surface area contributed by atoms with Gasteiger partial charge in [0.25, 0.3) is 0 Å². The third-order valence-electron chi connectivity index (χ3n) is 3.18. The summed E-state index contributed by atoms with van der Waals surface area (Å²) < 4.78 is 0. The van der Waals surface area contributed by atoms with Gasteiger partial charge >= 0.3 is 8.56 Å². The number of nitrogens with one attached hydrogen (secondary N) is 1. The van der Waals surface area contributed by atoms with Gasteiger partial charge in [0.05, 0.1) is 0 Å². The molecule has 17 heavy (non-hydrogen) atoms. The van der Waals surface area contributed by atoms with Crippen molar-refractivity contribution >= 4 is 8.56 Å². The molecule has 0 aliphatic rings. The molecule has 0 bridgehead atoms. The smallest absolute Gasteiger partial charge is 0.346 e. The molecule has 0 rings (SSSR count). The Morgan fingerprint density at radius 1 is 0.824 bits per heavy atom. The molecule has 3 N–H and O–H groups in total. The van der Waals surface area contributed by atoms with Gasteiger partial charge in [-0.15, -0.1) is 0 Å². The Bertz CT molecular complexity index is 165. The van der Waals surface area contributed by atoms with Crippen LogP contribution in [0.2, 0.25) is 6.04 Å². The van der Waals surface area contributed by atoms with Crippen LogP contribution in [0.5, 0.6) is 0 Å². The maximum atomic E-state index is 9.48. The maximum absolute atomic E-state index is 9.48. The highest BCUT2D eigenvalue weighted by atomic mass is 28.4. The zero-order chi connectivity index (χ0) is 13.0. The molecule has 0 heterocycles. The van der Waals surface area contributed by atoms with Gasteiger partial charge < -0.3 is 14.9 Å². The predicted octanol–water partition coefficient (Wildman–Crippen LogP) is 2.70. The molecule has 0 aromatic heterocycles. The van der Waals surface area contributed by atoms with Gasteiger partial charge in [-0.05, 0) is 19.0 Å². The molecule has 0 fully saturated rings. The van der Waals surface area contributed by atoms with E-state index in [0.717, 1.165) is 13.0 Å². The van der Waals surface area contributed by atoms with Crippen LogP contribution in [0.1, 0.15) is 65.2 Å². The number of rotatable bonds is 12.